The molecule has 0 atom stereocenters. The number of rotatable bonds is 8. The Morgan fingerprint density at radius 3 is 2.64 bits per heavy atom. The van der Waals surface area contributed by atoms with E-state index in [1.807, 2.05) is 18.2 Å². The number of benzene rings is 1. The Labute approximate surface area is 134 Å². The number of para-hydroxylation sites is 1. The van der Waals surface area contributed by atoms with Gasteiger partial charge in [0.25, 0.3) is 0 Å². The zero-order valence-corrected chi connectivity index (χ0v) is 13.4. The molecule has 1 saturated carbocycles. The first kappa shape index (κ1) is 16.7. The molecule has 0 saturated heterocycles. The molecule has 1 amide bonds. The van der Waals surface area contributed by atoms with Gasteiger partial charge in [-0.3, -0.25) is 9.59 Å². The van der Waals surface area contributed by atoms with Gasteiger partial charge in [0.1, 0.15) is 5.75 Å². The van der Waals surface area contributed by atoms with Crippen LogP contribution >= 0.6 is 11.8 Å². The Morgan fingerprint density at radius 1 is 1.32 bits per heavy atom. The Bertz CT molecular complexity index is 543. The number of hydrogen-bond acceptors (Lipinski definition) is 4. The smallest absolute Gasteiger partial charge is 0.313 e. The van der Waals surface area contributed by atoms with Crippen LogP contribution in [0, 0.1) is 0 Å². The summed E-state index contributed by atoms with van der Waals surface area (Å²) in [6.07, 6.45) is 3.19. The average molecular weight is 323 g/mol. The van der Waals surface area contributed by atoms with Gasteiger partial charge in [0.05, 0.1) is 18.6 Å². The van der Waals surface area contributed by atoms with Crippen molar-refractivity contribution >= 4 is 23.6 Å². The van der Waals surface area contributed by atoms with Crippen LogP contribution in [0.3, 0.4) is 0 Å². The van der Waals surface area contributed by atoms with Gasteiger partial charge in [-0.1, -0.05) is 24.6 Å². The highest BCUT2D eigenvalue weighted by Crippen LogP contribution is 2.46. The summed E-state index contributed by atoms with van der Waals surface area (Å²) in [6, 6.07) is 7.93. The standard InChI is InChI=1S/C16H21NO4S/c1-21-13-6-3-2-5-12(13)16(7-4-8-16)11-17-14(18)9-22-10-15(19)20/h2-3,5-6H,4,7-11H2,1H3,(H,17,18)(H,19,20). The second-order valence-electron chi connectivity index (χ2n) is 5.50. The summed E-state index contributed by atoms with van der Waals surface area (Å²) in [5, 5.41) is 11.5. The highest BCUT2D eigenvalue weighted by molar-refractivity contribution is 8.00. The third-order valence-electron chi connectivity index (χ3n) is 4.07. The zero-order chi connectivity index (χ0) is 16.0. The fourth-order valence-corrected chi connectivity index (χ4v) is 3.34. The van der Waals surface area contributed by atoms with Gasteiger partial charge in [-0.2, -0.15) is 0 Å². The predicted molar refractivity (Wildman–Crippen MR) is 86.5 cm³/mol. The van der Waals surface area contributed by atoms with E-state index in [0.717, 1.165) is 42.3 Å². The maximum Gasteiger partial charge on any atom is 0.313 e. The van der Waals surface area contributed by atoms with Gasteiger partial charge in [-0.25, -0.2) is 0 Å². The summed E-state index contributed by atoms with van der Waals surface area (Å²) in [6.45, 7) is 0.569. The molecule has 2 rings (SSSR count). The van der Waals surface area contributed by atoms with E-state index in [4.69, 9.17) is 9.84 Å². The molecule has 0 unspecified atom stereocenters. The number of thioether (sulfide) groups is 1. The lowest BCUT2D eigenvalue weighted by Gasteiger charge is -2.43. The van der Waals surface area contributed by atoms with Crippen molar-refractivity contribution in [1.82, 2.24) is 5.32 Å². The van der Waals surface area contributed by atoms with Crippen molar-refractivity contribution in [2.24, 2.45) is 0 Å². The lowest BCUT2D eigenvalue weighted by Crippen LogP contribution is -2.46. The van der Waals surface area contributed by atoms with E-state index < -0.39 is 5.97 Å². The second-order valence-corrected chi connectivity index (χ2v) is 6.48. The first-order valence-electron chi connectivity index (χ1n) is 7.27. The van der Waals surface area contributed by atoms with E-state index in [2.05, 4.69) is 11.4 Å². The van der Waals surface area contributed by atoms with Crippen molar-refractivity contribution in [3.05, 3.63) is 29.8 Å². The second kappa shape index (κ2) is 7.54. The minimum Gasteiger partial charge on any atom is -0.496 e. The van der Waals surface area contributed by atoms with Crippen molar-refractivity contribution in [1.29, 1.82) is 0 Å². The molecule has 5 nitrogen and oxygen atoms in total. The number of carboxylic acid groups (broad SMARTS) is 1. The van der Waals surface area contributed by atoms with Gasteiger partial charge >= 0.3 is 5.97 Å². The molecule has 1 aromatic rings. The summed E-state index contributed by atoms with van der Waals surface area (Å²) in [5.41, 5.74) is 1.09. The minimum absolute atomic E-state index is 0.0505. The normalized spacial score (nSPS) is 15.7. The Morgan fingerprint density at radius 2 is 2.05 bits per heavy atom. The Balaban J connectivity index is 1.94. The highest BCUT2D eigenvalue weighted by Gasteiger charge is 2.40. The first-order chi connectivity index (χ1) is 10.6. The number of ether oxygens (including phenoxy) is 1. The number of amides is 1. The molecule has 0 aromatic heterocycles. The van der Waals surface area contributed by atoms with Crippen LogP contribution < -0.4 is 10.1 Å². The number of methoxy groups -OCH3 is 1. The third kappa shape index (κ3) is 3.94. The third-order valence-corrected chi connectivity index (χ3v) is 4.99. The molecule has 0 radical (unpaired) electrons. The van der Waals surface area contributed by atoms with Crippen molar-refractivity contribution in [3.8, 4) is 5.75 Å². The molecule has 1 fully saturated rings. The number of hydrogen-bond donors (Lipinski definition) is 2. The van der Waals surface area contributed by atoms with E-state index in [0.29, 0.717) is 6.54 Å². The maximum absolute atomic E-state index is 11.8. The maximum atomic E-state index is 11.8. The molecule has 6 heteroatoms. The van der Waals surface area contributed by atoms with Gasteiger partial charge in [0.2, 0.25) is 5.91 Å². The van der Waals surface area contributed by atoms with Gasteiger partial charge in [-0.05, 0) is 18.9 Å². The molecule has 0 bridgehead atoms. The van der Waals surface area contributed by atoms with Gasteiger partial charge in [-0.15, -0.1) is 11.8 Å². The quantitative estimate of drug-likeness (QED) is 0.766. The summed E-state index contributed by atoms with van der Waals surface area (Å²) in [5.74, 6) is -0.0364. The van der Waals surface area contributed by atoms with Crippen molar-refractivity contribution in [3.63, 3.8) is 0 Å². The topological polar surface area (TPSA) is 75.6 Å². The number of nitrogens with one attached hydrogen (secondary N) is 1. The number of carboxylic acids is 1. The molecule has 1 aliphatic carbocycles. The van der Waals surface area contributed by atoms with Crippen molar-refractivity contribution < 1.29 is 19.4 Å². The van der Waals surface area contributed by atoms with Gasteiger partial charge < -0.3 is 15.2 Å². The molecule has 1 aromatic carbocycles. The van der Waals surface area contributed by atoms with Crippen LogP contribution in [-0.2, 0) is 15.0 Å². The van der Waals surface area contributed by atoms with Gasteiger partial charge in [0, 0.05) is 17.5 Å². The molecule has 0 aliphatic heterocycles. The fraction of sp³-hybridized carbons (Fsp3) is 0.500. The molecule has 120 valence electrons. The van der Waals surface area contributed by atoms with Crippen LogP contribution in [0.1, 0.15) is 24.8 Å². The summed E-state index contributed by atoms with van der Waals surface area (Å²) >= 11 is 1.11. The molecule has 22 heavy (non-hydrogen) atoms. The van der Waals surface area contributed by atoms with Crippen LogP contribution in [0.2, 0.25) is 0 Å². The Kier molecular flexibility index (Phi) is 5.71. The van der Waals surface area contributed by atoms with E-state index in [1.54, 1.807) is 7.11 Å². The lowest BCUT2D eigenvalue weighted by atomic mass is 9.64. The minimum atomic E-state index is -0.901. The monoisotopic (exact) mass is 323 g/mol. The number of carbonyl (C=O) groups excluding carboxylic acids is 1. The summed E-state index contributed by atoms with van der Waals surface area (Å²) in [4.78, 5) is 22.3. The lowest BCUT2D eigenvalue weighted by molar-refractivity contribution is -0.133. The first-order valence-corrected chi connectivity index (χ1v) is 8.42. The zero-order valence-electron chi connectivity index (χ0n) is 12.6. The van der Waals surface area contributed by atoms with E-state index >= 15 is 0 Å². The molecule has 0 heterocycles. The highest BCUT2D eigenvalue weighted by atomic mass is 32.2. The van der Waals surface area contributed by atoms with Crippen LogP contribution in [0.4, 0.5) is 0 Å². The molecule has 2 N–H and O–H groups in total. The van der Waals surface area contributed by atoms with E-state index in [1.165, 1.54) is 0 Å². The number of aliphatic carboxylic acids is 1. The van der Waals surface area contributed by atoms with Crippen molar-refractivity contribution in [2.75, 3.05) is 25.2 Å². The average Bonchev–Trinajstić information content (AvgIpc) is 2.46. The largest absolute Gasteiger partial charge is 0.496 e. The van der Waals surface area contributed by atoms with E-state index in [9.17, 15) is 9.59 Å². The van der Waals surface area contributed by atoms with E-state index in [-0.39, 0.29) is 22.8 Å². The Hall–Kier alpha value is -1.69. The summed E-state index contributed by atoms with van der Waals surface area (Å²) in [7, 11) is 1.66. The predicted octanol–water partition coefficient (Wildman–Crippen LogP) is 2.05. The number of carbonyl (C=O) groups is 2. The molecule has 1 aliphatic rings. The summed E-state index contributed by atoms with van der Waals surface area (Å²) < 4.78 is 5.44. The fourth-order valence-electron chi connectivity index (χ4n) is 2.78. The van der Waals surface area contributed by atoms with Gasteiger partial charge in [0.15, 0.2) is 0 Å². The SMILES string of the molecule is COc1ccccc1C1(CNC(=O)CSCC(=O)O)CCC1. The van der Waals surface area contributed by atoms with Crippen LogP contribution in [-0.4, -0.2) is 42.1 Å². The molecular weight excluding hydrogens is 302 g/mol. The van der Waals surface area contributed by atoms with Crippen LogP contribution in [0.25, 0.3) is 0 Å². The van der Waals surface area contributed by atoms with Crippen LogP contribution in [0.5, 0.6) is 5.75 Å². The molecular formula is C16H21NO4S. The van der Waals surface area contributed by atoms with Crippen LogP contribution in [0.15, 0.2) is 24.3 Å². The molecule has 0 spiro atoms. The van der Waals surface area contributed by atoms with Crippen molar-refractivity contribution in [2.45, 2.75) is 24.7 Å².